The molecule has 0 saturated carbocycles. The van der Waals surface area contributed by atoms with E-state index in [1.165, 1.54) is 18.1 Å². The van der Waals surface area contributed by atoms with E-state index in [0.29, 0.717) is 15.7 Å². The number of aliphatic imine (C=N–C) groups is 1. The summed E-state index contributed by atoms with van der Waals surface area (Å²) in [5.74, 6) is -1.90. The van der Waals surface area contributed by atoms with Gasteiger partial charge in [-0.25, -0.2) is 4.79 Å². The minimum absolute atomic E-state index is 0.0458. The third kappa shape index (κ3) is 9.70. The highest BCUT2D eigenvalue weighted by Gasteiger charge is 2.35. The normalized spacial score (nSPS) is 14.2. The van der Waals surface area contributed by atoms with Crippen LogP contribution in [0.1, 0.15) is 36.6 Å². The van der Waals surface area contributed by atoms with Gasteiger partial charge in [-0.1, -0.05) is 113 Å². The van der Waals surface area contributed by atoms with Crippen LogP contribution in [0, 0.1) is 0 Å². The maximum atomic E-state index is 14.1. The number of amidine groups is 1. The van der Waals surface area contributed by atoms with Gasteiger partial charge in [-0.15, -0.1) is 0 Å². The van der Waals surface area contributed by atoms with E-state index in [2.05, 4.69) is 32.8 Å². The number of esters is 1. The lowest BCUT2D eigenvalue weighted by atomic mass is 9.99. The molecule has 0 fully saturated rings. The summed E-state index contributed by atoms with van der Waals surface area (Å²) in [5, 5.41) is 3.12. The van der Waals surface area contributed by atoms with Crippen LogP contribution in [0.4, 0.5) is 0 Å². The molecule has 1 heterocycles. The van der Waals surface area contributed by atoms with Crippen molar-refractivity contribution in [1.29, 1.82) is 0 Å². The molecule has 12 heteroatoms. The molecule has 0 spiro atoms. The number of benzene rings is 3. The van der Waals surface area contributed by atoms with E-state index in [1.54, 1.807) is 50.3 Å². The number of hydrogen-bond donors (Lipinski definition) is 1. The Morgan fingerprint density at radius 2 is 1.70 bits per heavy atom. The van der Waals surface area contributed by atoms with Gasteiger partial charge >= 0.3 is 5.97 Å². The highest BCUT2D eigenvalue weighted by Crippen LogP contribution is 2.36. The molecule has 0 radical (unpaired) electrons. The molecular formula is C38H36BrN3O7S. The topological polar surface area (TPSA) is 124 Å². The van der Waals surface area contributed by atoms with Gasteiger partial charge < -0.3 is 19.5 Å². The van der Waals surface area contributed by atoms with Gasteiger partial charge in [0.2, 0.25) is 5.91 Å². The SMILES string of the molecule is C=C/C=C\C(=C/C)N1C(=O)/C(=C/c2cc(OC)c(OCC(=O)OCC)cc2Br)C(=O)N=C1SCC(=O)NC(c1ccccc1)c1ccccc1. The molecule has 0 bridgehead atoms. The Balaban J connectivity index is 1.63. The predicted octanol–water partition coefficient (Wildman–Crippen LogP) is 6.79. The number of ether oxygens (including phenoxy) is 3. The summed E-state index contributed by atoms with van der Waals surface area (Å²) < 4.78 is 16.4. The van der Waals surface area contributed by atoms with Gasteiger partial charge in [0, 0.05) is 10.2 Å². The number of carbonyl (C=O) groups excluding carboxylic acids is 4. The van der Waals surface area contributed by atoms with Crippen LogP contribution in [-0.4, -0.2) is 59.8 Å². The van der Waals surface area contributed by atoms with Crippen molar-refractivity contribution in [3.63, 3.8) is 0 Å². The summed E-state index contributed by atoms with van der Waals surface area (Å²) in [7, 11) is 1.42. The Morgan fingerprint density at radius 3 is 2.28 bits per heavy atom. The Kier molecular flexibility index (Phi) is 13.9. The Morgan fingerprint density at radius 1 is 1.04 bits per heavy atom. The first-order valence-electron chi connectivity index (χ1n) is 15.5. The number of amides is 3. The molecule has 10 nitrogen and oxygen atoms in total. The van der Waals surface area contributed by atoms with Gasteiger partial charge in [0.25, 0.3) is 11.8 Å². The van der Waals surface area contributed by atoms with Crippen molar-refractivity contribution in [2.24, 2.45) is 4.99 Å². The van der Waals surface area contributed by atoms with E-state index in [-0.39, 0.29) is 47.1 Å². The number of methoxy groups -OCH3 is 1. The number of rotatable bonds is 14. The number of thioether (sulfide) groups is 1. The van der Waals surface area contributed by atoms with Gasteiger partial charge in [0.15, 0.2) is 23.3 Å². The second-order valence-electron chi connectivity index (χ2n) is 10.4. The monoisotopic (exact) mass is 757 g/mol. The predicted molar refractivity (Wildman–Crippen MR) is 199 cm³/mol. The quantitative estimate of drug-likeness (QED) is 0.0826. The average molecular weight is 759 g/mol. The fourth-order valence-corrected chi connectivity index (χ4v) is 6.07. The highest BCUT2D eigenvalue weighted by atomic mass is 79.9. The van der Waals surface area contributed by atoms with Crippen LogP contribution in [0.5, 0.6) is 11.5 Å². The summed E-state index contributed by atoms with van der Waals surface area (Å²) in [6.07, 6.45) is 7.95. The fourth-order valence-electron chi connectivity index (χ4n) is 4.82. The van der Waals surface area contributed by atoms with E-state index in [1.807, 2.05) is 60.7 Å². The number of hydrogen-bond acceptors (Lipinski definition) is 8. The van der Waals surface area contributed by atoms with Gasteiger partial charge in [-0.2, -0.15) is 4.99 Å². The van der Waals surface area contributed by atoms with E-state index in [9.17, 15) is 19.2 Å². The van der Waals surface area contributed by atoms with Crippen molar-refractivity contribution in [3.8, 4) is 11.5 Å². The van der Waals surface area contributed by atoms with Gasteiger partial charge in [0.05, 0.1) is 25.5 Å². The first-order chi connectivity index (χ1) is 24.2. The first-order valence-corrected chi connectivity index (χ1v) is 17.3. The standard InChI is InChI=1S/C38H36BrN3O7S/c1-5-8-19-28(6-2)42-37(46)29(20-27-21-31(47-4)32(22-30(27)39)49-23-34(44)48-7-3)36(45)41-38(42)50-24-33(43)40-35(25-15-11-9-12-16-25)26-17-13-10-14-18-26/h5-6,8-22,35H,1,7,23-24H2,2-4H3,(H,40,43)/b19-8-,28-6+,29-20+. The van der Waals surface area contributed by atoms with Crippen LogP contribution in [0.3, 0.4) is 0 Å². The van der Waals surface area contributed by atoms with E-state index in [4.69, 9.17) is 14.2 Å². The number of halogens is 1. The van der Waals surface area contributed by atoms with Crippen molar-refractivity contribution < 1.29 is 33.4 Å². The molecule has 1 N–H and O–H groups in total. The number of allylic oxidation sites excluding steroid dienone is 4. The largest absolute Gasteiger partial charge is 0.493 e. The number of carbonyl (C=O) groups is 4. The molecule has 1 aliphatic heterocycles. The Bertz CT molecular complexity index is 1820. The second kappa shape index (κ2) is 18.5. The van der Waals surface area contributed by atoms with Crippen LogP contribution in [-0.2, 0) is 23.9 Å². The van der Waals surface area contributed by atoms with Crippen LogP contribution in [0.25, 0.3) is 6.08 Å². The first kappa shape index (κ1) is 37.6. The minimum atomic E-state index is -0.780. The molecule has 0 saturated heterocycles. The average Bonchev–Trinajstić information content (AvgIpc) is 3.13. The maximum Gasteiger partial charge on any atom is 0.344 e. The molecule has 3 aromatic carbocycles. The van der Waals surface area contributed by atoms with E-state index in [0.717, 1.165) is 22.9 Å². The smallest absolute Gasteiger partial charge is 0.344 e. The summed E-state index contributed by atoms with van der Waals surface area (Å²) in [6, 6.07) is 21.9. The fraction of sp³-hybridized carbons (Fsp3) is 0.184. The summed E-state index contributed by atoms with van der Waals surface area (Å²) in [4.78, 5) is 58.3. The Labute approximate surface area is 303 Å². The molecule has 0 aromatic heterocycles. The minimum Gasteiger partial charge on any atom is -0.493 e. The van der Waals surface area contributed by atoms with Crippen LogP contribution in [0.2, 0.25) is 0 Å². The summed E-state index contributed by atoms with van der Waals surface area (Å²) in [6.45, 7) is 7.03. The third-order valence-electron chi connectivity index (χ3n) is 7.15. The molecule has 3 aromatic rings. The zero-order valence-electron chi connectivity index (χ0n) is 27.8. The van der Waals surface area contributed by atoms with Crippen molar-refractivity contribution in [2.45, 2.75) is 19.9 Å². The van der Waals surface area contributed by atoms with Gasteiger partial charge in [-0.05, 0) is 54.8 Å². The van der Waals surface area contributed by atoms with Crippen LogP contribution >= 0.6 is 27.7 Å². The van der Waals surface area contributed by atoms with Crippen molar-refractivity contribution in [3.05, 3.63) is 136 Å². The van der Waals surface area contributed by atoms with Crippen molar-refractivity contribution in [2.75, 3.05) is 26.1 Å². The highest BCUT2D eigenvalue weighted by molar-refractivity contribution is 9.10. The zero-order chi connectivity index (χ0) is 36.0. The van der Waals surface area contributed by atoms with E-state index < -0.39 is 23.8 Å². The Hall–Kier alpha value is -5.20. The third-order valence-corrected chi connectivity index (χ3v) is 8.77. The second-order valence-corrected chi connectivity index (χ2v) is 12.2. The molecule has 1 aliphatic rings. The number of nitrogens with zero attached hydrogens (tertiary/aromatic N) is 2. The summed E-state index contributed by atoms with van der Waals surface area (Å²) >= 11 is 4.43. The molecule has 258 valence electrons. The van der Waals surface area contributed by atoms with Gasteiger partial charge in [0.1, 0.15) is 5.57 Å². The summed E-state index contributed by atoms with van der Waals surface area (Å²) in [5.41, 5.74) is 2.43. The number of nitrogens with one attached hydrogen (secondary N) is 1. The van der Waals surface area contributed by atoms with Crippen molar-refractivity contribution >= 4 is 62.6 Å². The van der Waals surface area contributed by atoms with Gasteiger partial charge in [-0.3, -0.25) is 19.3 Å². The zero-order valence-corrected chi connectivity index (χ0v) is 30.2. The van der Waals surface area contributed by atoms with E-state index >= 15 is 0 Å². The molecule has 50 heavy (non-hydrogen) atoms. The lowest BCUT2D eigenvalue weighted by molar-refractivity contribution is -0.145. The lowest BCUT2D eigenvalue weighted by Gasteiger charge is -2.28. The van der Waals surface area contributed by atoms with Crippen molar-refractivity contribution in [1.82, 2.24) is 10.2 Å². The maximum absolute atomic E-state index is 14.1. The molecule has 0 atom stereocenters. The molecule has 3 amide bonds. The molecule has 4 rings (SSSR count). The molecule has 0 aliphatic carbocycles. The van der Waals surface area contributed by atoms with Crippen LogP contribution in [0.15, 0.2) is 124 Å². The lowest BCUT2D eigenvalue weighted by Crippen LogP contribution is -2.42. The van der Waals surface area contributed by atoms with Crippen LogP contribution < -0.4 is 14.8 Å². The molecule has 0 unspecified atom stereocenters. The molecular weight excluding hydrogens is 722 g/mol.